The summed E-state index contributed by atoms with van der Waals surface area (Å²) in [6, 6.07) is 24.0. The van der Waals surface area contributed by atoms with E-state index in [2.05, 4.69) is 70.8 Å². The Hall–Kier alpha value is -9.86. The number of aromatic amines is 1. The maximum Gasteiger partial charge on any atom is 0.261 e. The lowest BCUT2D eigenvalue weighted by Gasteiger charge is -2.13. The number of rotatable bonds is 27. The van der Waals surface area contributed by atoms with Crippen LogP contribution in [0, 0.1) is 37.1 Å². The number of H-pyrrole nitrogens is 1. The van der Waals surface area contributed by atoms with Gasteiger partial charge >= 0.3 is 0 Å². The highest BCUT2D eigenvalue weighted by molar-refractivity contribution is 7.93. The number of carbonyl (C=O) groups is 5. The number of methoxy groups -OCH3 is 1. The Kier molecular flexibility index (Phi) is 31.9. The summed E-state index contributed by atoms with van der Waals surface area (Å²) in [6.07, 6.45) is 4.03. The van der Waals surface area contributed by atoms with Crippen LogP contribution in [0.25, 0.3) is 11.3 Å². The van der Waals surface area contributed by atoms with Crippen molar-refractivity contribution in [3.05, 3.63) is 198 Å². The van der Waals surface area contributed by atoms with E-state index >= 15 is 0 Å². The Morgan fingerprint density at radius 3 is 1.16 bits per heavy atom. The first kappa shape index (κ1) is 88.0. The molecular weight excluding hydrogens is 1620 g/mol. The summed E-state index contributed by atoms with van der Waals surface area (Å²) in [6.45, 7) is 11.2. The van der Waals surface area contributed by atoms with Crippen molar-refractivity contribution in [3.63, 3.8) is 0 Å². The molecule has 0 saturated carbocycles. The Morgan fingerprint density at radius 1 is 0.468 bits per heavy atom. The van der Waals surface area contributed by atoms with E-state index in [4.69, 9.17) is 67.3 Å². The number of benzene rings is 5. The molecule has 0 aliphatic heterocycles. The number of sulfonamides is 4. The van der Waals surface area contributed by atoms with Crippen LogP contribution >= 0.6 is 58.0 Å². The van der Waals surface area contributed by atoms with E-state index in [1.54, 1.807) is 71.9 Å². The second-order valence-electron chi connectivity index (χ2n) is 22.7. The molecule has 9 rings (SSSR count). The smallest absolute Gasteiger partial charge is 0.261 e. The van der Waals surface area contributed by atoms with Crippen LogP contribution in [0.2, 0.25) is 25.1 Å². The van der Waals surface area contributed by atoms with Crippen LogP contribution in [-0.4, -0.2) is 119 Å². The zero-order chi connectivity index (χ0) is 80.9. The zero-order valence-corrected chi connectivity index (χ0v) is 65.6. The molecule has 5 aromatic carbocycles. The third kappa shape index (κ3) is 25.6. The van der Waals surface area contributed by atoms with Gasteiger partial charge in [-0.25, -0.2) is 61.2 Å². The quantitative estimate of drug-likeness (QED) is 0.0214. The zero-order valence-electron chi connectivity index (χ0n) is 58.6. The summed E-state index contributed by atoms with van der Waals surface area (Å²) in [4.78, 5) is 68.7. The minimum absolute atomic E-state index is 0.136. The molecule has 10 N–H and O–H groups in total. The molecule has 4 aromatic heterocycles. The molecule has 109 heavy (non-hydrogen) atoms. The maximum atomic E-state index is 14.9. The molecule has 0 unspecified atom stereocenters. The van der Waals surface area contributed by atoms with Gasteiger partial charge in [-0.3, -0.25) is 48.0 Å². The van der Waals surface area contributed by atoms with Gasteiger partial charge in [0, 0.05) is 24.1 Å². The fourth-order valence-corrected chi connectivity index (χ4v) is 14.8. The normalized spacial score (nSPS) is 11.2. The van der Waals surface area contributed by atoms with Crippen LogP contribution in [0.1, 0.15) is 113 Å². The van der Waals surface area contributed by atoms with Crippen molar-refractivity contribution in [2.75, 3.05) is 75.6 Å². The molecular formula is C67H69Cl5F4N14O15S4. The molecule has 0 aliphatic rings. The van der Waals surface area contributed by atoms with Gasteiger partial charge in [0.1, 0.15) is 17.2 Å². The van der Waals surface area contributed by atoms with Gasteiger partial charge in [-0.05, 0) is 124 Å². The molecule has 0 atom stereocenters. The highest BCUT2D eigenvalue weighted by atomic mass is 35.5. The van der Waals surface area contributed by atoms with Crippen molar-refractivity contribution >= 4 is 179 Å². The molecule has 9 aromatic rings. The summed E-state index contributed by atoms with van der Waals surface area (Å²) in [5.41, 5.74) is -0.745. The van der Waals surface area contributed by atoms with Crippen molar-refractivity contribution in [1.29, 1.82) is 0 Å². The molecule has 42 heteroatoms. The SMILES string of the molecule is CCCS(=O)(=O)Nc1ccc(Cl)c(C(=O)Nc2c(C)noc2C)c1F.CCCS(=O)(=O)Nc1ccc(Cl)c(C(=O)Nc2cc(-c3ccc(Cl)cc3)[nH]n2)c1F.CCCS(=O)(=O)Nc1ccc(Cl)c(C(=O)Nc2ccc(NC(C)=O)nc2)c1F.CCCS(=O)(=O)Nc1ccc(Cl)c(C(=O)Nc2ccc(OC)nc2)c1F. The molecule has 0 bridgehead atoms. The number of anilines is 9. The van der Waals surface area contributed by atoms with E-state index in [1.165, 1.54) is 75.0 Å². The minimum Gasteiger partial charge on any atom is -0.481 e. The number of aryl methyl sites for hydroxylation is 2. The molecule has 29 nitrogen and oxygen atoms in total. The van der Waals surface area contributed by atoms with Crippen molar-refractivity contribution in [2.24, 2.45) is 0 Å². The summed E-state index contributed by atoms with van der Waals surface area (Å²) in [7, 11) is -13.5. The lowest BCUT2D eigenvalue weighted by atomic mass is 10.1. The monoisotopic (exact) mass is 1690 g/mol. The number of aromatic nitrogens is 5. The van der Waals surface area contributed by atoms with Gasteiger partial charge in [0.05, 0.1) is 125 Å². The van der Waals surface area contributed by atoms with E-state index in [-0.39, 0.29) is 89.1 Å². The standard InChI is InChI=1S/C19H17Cl2FN4O3S.C17H18ClFN4O4S.C16H17ClFN3O4S.C15H17ClFN3O4S/c1-2-9-30(28,29)26-14-8-7-13(21)17(18(14)22)19(27)23-16-10-15(24-25-16)11-3-5-12(20)6-4-11;1-3-8-28(26,27)23-13-6-5-12(18)15(16(13)19)17(25)22-11-4-7-14(20-9-11)21-10(2)24;1-3-8-26(23,24)21-12-6-5-11(17)14(15(12)18)16(22)20-10-4-7-13(25-2)19-9-10;1-4-7-25(22,23)20-11-6-5-10(16)12(13(11)17)15(21)18-14-8(2)19-24-9(14)3/h3-8,10,26H,2,9H2,1H3,(H2,23,24,25,27);4-7,9,23H,3,8H2,1-2H3,(H,22,25)(H,20,21,24);4-7,9,21H,3,8H2,1-2H3,(H,20,22);5-6,20H,4,7H2,1-3H3,(H,18,21). The number of amides is 5. The molecule has 0 aliphatic carbocycles. The highest BCUT2D eigenvalue weighted by Crippen LogP contribution is 2.33. The van der Waals surface area contributed by atoms with Crippen molar-refractivity contribution in [1.82, 2.24) is 25.3 Å². The van der Waals surface area contributed by atoms with Crippen molar-refractivity contribution in [2.45, 2.75) is 74.1 Å². The van der Waals surface area contributed by atoms with E-state index in [0.717, 1.165) is 29.8 Å². The summed E-state index contributed by atoms with van der Waals surface area (Å²) >= 11 is 29.7. The highest BCUT2D eigenvalue weighted by Gasteiger charge is 2.28. The second-order valence-corrected chi connectivity index (χ2v) is 32.1. The molecule has 584 valence electrons. The van der Waals surface area contributed by atoms with Gasteiger partial charge in [0.15, 0.2) is 34.8 Å². The van der Waals surface area contributed by atoms with E-state index < -0.39 is 109 Å². The third-order valence-corrected chi connectivity index (χ3v) is 21.4. The lowest BCUT2D eigenvalue weighted by Crippen LogP contribution is -2.20. The van der Waals surface area contributed by atoms with Crippen LogP contribution in [-0.2, 0) is 44.9 Å². The lowest BCUT2D eigenvalue weighted by molar-refractivity contribution is -0.114. The van der Waals surface area contributed by atoms with E-state index in [1.807, 2.05) is 0 Å². The first-order valence-corrected chi connectivity index (χ1v) is 40.4. The maximum absolute atomic E-state index is 14.9. The Morgan fingerprint density at radius 2 is 0.835 bits per heavy atom. The number of carbonyl (C=O) groups excluding carboxylic acids is 5. The molecule has 4 heterocycles. The van der Waals surface area contributed by atoms with Gasteiger partial charge in [-0.2, -0.15) is 5.10 Å². The predicted molar refractivity (Wildman–Crippen MR) is 413 cm³/mol. The Balaban J connectivity index is 0.000000228. The predicted octanol–water partition coefficient (Wildman–Crippen LogP) is 14.9. The van der Waals surface area contributed by atoms with Crippen molar-refractivity contribution in [3.8, 4) is 17.1 Å². The third-order valence-electron chi connectivity index (χ3n) is 14.0. The molecule has 5 amide bonds. The number of ether oxygens (including phenoxy) is 1. The second kappa shape index (κ2) is 39.5. The number of hydrogen-bond acceptors (Lipinski definition) is 19. The Bertz CT molecular complexity index is 5270. The number of nitrogens with zero attached hydrogens (tertiary/aromatic N) is 4. The summed E-state index contributed by atoms with van der Waals surface area (Å²) in [5.74, 6) is -7.63. The van der Waals surface area contributed by atoms with E-state index in [0.29, 0.717) is 65.1 Å². The average molecular weight is 1690 g/mol. The Labute approximate surface area is 648 Å². The summed E-state index contributed by atoms with van der Waals surface area (Å²) in [5, 5.41) is 22.6. The van der Waals surface area contributed by atoms with Gasteiger partial charge < -0.3 is 35.8 Å². The van der Waals surface area contributed by atoms with Crippen LogP contribution in [0.5, 0.6) is 5.88 Å². The number of halogens is 9. The first-order valence-electron chi connectivity index (χ1n) is 31.9. The molecule has 0 radical (unpaired) electrons. The van der Waals surface area contributed by atoms with E-state index in [9.17, 15) is 75.2 Å². The fourth-order valence-electron chi connectivity index (χ4n) is 9.17. The van der Waals surface area contributed by atoms with Gasteiger partial charge in [-0.1, -0.05) is 103 Å². The fraction of sp³-hybridized carbons (Fsp3) is 0.239. The molecule has 0 spiro atoms. The van der Waals surface area contributed by atoms with Crippen LogP contribution in [0.4, 0.5) is 69.0 Å². The van der Waals surface area contributed by atoms with Crippen LogP contribution < -0.4 is 50.2 Å². The molecule has 0 fully saturated rings. The van der Waals surface area contributed by atoms with Gasteiger partial charge in [-0.15, -0.1) is 0 Å². The largest absolute Gasteiger partial charge is 0.481 e. The number of nitrogens with one attached hydrogen (secondary N) is 10. The first-order chi connectivity index (χ1) is 51.3. The number of pyridine rings is 2. The topological polar surface area (TPSA) is 420 Å². The summed E-state index contributed by atoms with van der Waals surface area (Å²) < 4.78 is 172. The van der Waals surface area contributed by atoms with Gasteiger partial charge in [0.2, 0.25) is 51.9 Å². The minimum atomic E-state index is -3.75. The van der Waals surface area contributed by atoms with Gasteiger partial charge in [0.25, 0.3) is 23.6 Å². The number of hydrogen-bond donors (Lipinski definition) is 10. The van der Waals surface area contributed by atoms with Crippen LogP contribution in [0.3, 0.4) is 0 Å². The van der Waals surface area contributed by atoms with Crippen molar-refractivity contribution < 1.29 is 84.5 Å². The van der Waals surface area contributed by atoms with Crippen LogP contribution in [0.15, 0.2) is 120 Å². The average Bonchev–Trinajstić information content (AvgIpc) is 1.40. The molecule has 0 saturated heterocycles.